The molecular formula is C9H9NO4. The maximum absolute atomic E-state index is 11.0. The molecule has 1 aromatic rings. The largest absolute Gasteiger partial charge is 0.508 e. The molecule has 1 amide bonds. The van der Waals surface area contributed by atoms with E-state index in [4.69, 9.17) is 10.2 Å². The first-order valence-electron chi connectivity index (χ1n) is 3.82. The lowest BCUT2D eigenvalue weighted by atomic mass is 10.3. The smallest absolute Gasteiger partial charge is 0.394 e. The average Bonchev–Trinajstić information content (AvgIpc) is 2.16. The molecule has 0 saturated heterocycles. The molecule has 0 unspecified atom stereocenters. The zero-order valence-electron chi connectivity index (χ0n) is 7.47. The molecule has 5 nitrogen and oxygen atoms in total. The maximum Gasteiger partial charge on any atom is 0.394 e. The van der Waals surface area contributed by atoms with Crippen LogP contribution in [0.1, 0.15) is 0 Å². The Balaban J connectivity index is 2.89. The summed E-state index contributed by atoms with van der Waals surface area (Å²) in [5, 5.41) is 17.4. The van der Waals surface area contributed by atoms with E-state index in [1.54, 1.807) is 0 Å². The van der Waals surface area contributed by atoms with E-state index in [0.29, 0.717) is 5.69 Å². The molecule has 1 aromatic carbocycles. The lowest BCUT2D eigenvalue weighted by Gasteiger charge is -2.14. The fourth-order valence-corrected chi connectivity index (χ4v) is 0.937. The van der Waals surface area contributed by atoms with E-state index in [2.05, 4.69) is 0 Å². The maximum atomic E-state index is 11.0. The van der Waals surface area contributed by atoms with Gasteiger partial charge in [0.2, 0.25) is 0 Å². The van der Waals surface area contributed by atoms with Crippen LogP contribution in [0.4, 0.5) is 5.69 Å². The predicted molar refractivity (Wildman–Crippen MR) is 49.2 cm³/mol. The Bertz CT molecular complexity index is 358. The van der Waals surface area contributed by atoms with E-state index in [1.165, 1.54) is 31.3 Å². The van der Waals surface area contributed by atoms with Crippen molar-refractivity contribution < 1.29 is 19.8 Å². The molecule has 5 heteroatoms. The van der Waals surface area contributed by atoms with Crippen LogP contribution in [-0.2, 0) is 9.59 Å². The highest BCUT2D eigenvalue weighted by atomic mass is 16.4. The van der Waals surface area contributed by atoms with Crippen molar-refractivity contribution in [1.29, 1.82) is 0 Å². The van der Waals surface area contributed by atoms with E-state index in [9.17, 15) is 9.59 Å². The Kier molecular flexibility index (Phi) is 2.71. The zero-order valence-corrected chi connectivity index (χ0v) is 7.47. The summed E-state index contributed by atoms with van der Waals surface area (Å²) >= 11 is 0. The number of carbonyl (C=O) groups is 2. The summed E-state index contributed by atoms with van der Waals surface area (Å²) in [5.41, 5.74) is 0.412. The number of aliphatic carboxylic acids is 1. The van der Waals surface area contributed by atoms with Gasteiger partial charge in [-0.2, -0.15) is 0 Å². The van der Waals surface area contributed by atoms with Gasteiger partial charge in [0.05, 0.1) is 0 Å². The lowest BCUT2D eigenvalue weighted by Crippen LogP contribution is -2.32. The van der Waals surface area contributed by atoms with Gasteiger partial charge >= 0.3 is 11.9 Å². The van der Waals surface area contributed by atoms with E-state index in [1.807, 2.05) is 0 Å². The fraction of sp³-hybridized carbons (Fsp3) is 0.111. The molecule has 74 valence electrons. The molecule has 0 saturated carbocycles. The number of carboxylic acid groups (broad SMARTS) is 1. The van der Waals surface area contributed by atoms with Crippen LogP contribution in [-0.4, -0.2) is 29.1 Å². The van der Waals surface area contributed by atoms with Crippen LogP contribution in [0, 0.1) is 0 Å². The van der Waals surface area contributed by atoms with E-state index in [-0.39, 0.29) is 5.75 Å². The van der Waals surface area contributed by atoms with Crippen LogP contribution in [0.25, 0.3) is 0 Å². The Morgan fingerprint density at radius 3 is 2.14 bits per heavy atom. The zero-order chi connectivity index (χ0) is 10.7. The number of hydrogen-bond donors (Lipinski definition) is 2. The second-order valence-electron chi connectivity index (χ2n) is 2.69. The third-order valence-electron chi connectivity index (χ3n) is 1.72. The van der Waals surface area contributed by atoms with Crippen molar-refractivity contribution in [3.8, 4) is 5.75 Å². The van der Waals surface area contributed by atoms with Gasteiger partial charge < -0.3 is 15.1 Å². The first-order chi connectivity index (χ1) is 6.52. The van der Waals surface area contributed by atoms with Crippen molar-refractivity contribution in [1.82, 2.24) is 0 Å². The monoisotopic (exact) mass is 195 g/mol. The summed E-state index contributed by atoms with van der Waals surface area (Å²) in [6.07, 6.45) is 0. The van der Waals surface area contributed by atoms with Gasteiger partial charge in [-0.15, -0.1) is 0 Å². The van der Waals surface area contributed by atoms with Crippen LogP contribution in [0.2, 0.25) is 0 Å². The van der Waals surface area contributed by atoms with Crippen molar-refractivity contribution in [2.45, 2.75) is 0 Å². The first kappa shape index (κ1) is 10.0. The van der Waals surface area contributed by atoms with Crippen LogP contribution in [0.3, 0.4) is 0 Å². The summed E-state index contributed by atoms with van der Waals surface area (Å²) in [6, 6.07) is 5.66. The van der Waals surface area contributed by atoms with Gasteiger partial charge in [-0.25, -0.2) is 4.79 Å². The molecular weight excluding hydrogens is 186 g/mol. The molecule has 2 N–H and O–H groups in total. The fourth-order valence-electron chi connectivity index (χ4n) is 0.937. The van der Waals surface area contributed by atoms with E-state index >= 15 is 0 Å². The Labute approximate surface area is 80.2 Å². The van der Waals surface area contributed by atoms with Crippen LogP contribution >= 0.6 is 0 Å². The van der Waals surface area contributed by atoms with Gasteiger partial charge in [-0.1, -0.05) is 0 Å². The molecule has 0 aromatic heterocycles. The van der Waals surface area contributed by atoms with Crippen molar-refractivity contribution in [2.24, 2.45) is 0 Å². The molecule has 0 atom stereocenters. The summed E-state index contributed by atoms with van der Waals surface area (Å²) in [5.74, 6) is -2.47. The number of anilines is 1. The number of carboxylic acids is 1. The molecule has 0 aliphatic heterocycles. The van der Waals surface area contributed by atoms with Gasteiger partial charge in [0.15, 0.2) is 0 Å². The van der Waals surface area contributed by atoms with Crippen LogP contribution < -0.4 is 4.90 Å². The molecule has 0 heterocycles. The Morgan fingerprint density at radius 1 is 1.21 bits per heavy atom. The van der Waals surface area contributed by atoms with Crippen LogP contribution in [0.5, 0.6) is 5.75 Å². The van der Waals surface area contributed by atoms with Crippen molar-refractivity contribution >= 4 is 17.6 Å². The summed E-state index contributed by atoms with van der Waals surface area (Å²) in [6.45, 7) is 0. The van der Waals surface area contributed by atoms with Crippen molar-refractivity contribution in [3.05, 3.63) is 24.3 Å². The Morgan fingerprint density at radius 2 is 1.71 bits per heavy atom. The van der Waals surface area contributed by atoms with E-state index < -0.39 is 11.9 Å². The van der Waals surface area contributed by atoms with Gasteiger partial charge in [0.25, 0.3) is 0 Å². The normalized spacial score (nSPS) is 9.50. The van der Waals surface area contributed by atoms with Gasteiger partial charge in [-0.05, 0) is 24.3 Å². The van der Waals surface area contributed by atoms with Gasteiger partial charge in [0, 0.05) is 12.7 Å². The average molecular weight is 195 g/mol. The molecule has 0 fully saturated rings. The van der Waals surface area contributed by atoms with Crippen LogP contribution in [0.15, 0.2) is 24.3 Å². The molecule has 0 aliphatic carbocycles. The minimum Gasteiger partial charge on any atom is -0.508 e. The number of rotatable bonds is 1. The molecule has 1 rings (SSSR count). The van der Waals surface area contributed by atoms with Crippen molar-refractivity contribution in [3.63, 3.8) is 0 Å². The molecule has 0 aliphatic rings. The van der Waals surface area contributed by atoms with E-state index in [0.717, 1.165) is 4.90 Å². The lowest BCUT2D eigenvalue weighted by molar-refractivity contribution is -0.148. The standard InChI is InChI=1S/C9H9NO4/c1-10(8(12)9(13)14)6-2-4-7(11)5-3-6/h2-5,11H,1H3,(H,13,14). The second kappa shape index (κ2) is 3.78. The summed E-state index contributed by atoms with van der Waals surface area (Å²) < 4.78 is 0. The van der Waals surface area contributed by atoms with Gasteiger partial charge in [0.1, 0.15) is 5.75 Å². The number of nitrogens with zero attached hydrogens (tertiary/aromatic N) is 1. The van der Waals surface area contributed by atoms with Gasteiger partial charge in [-0.3, -0.25) is 4.79 Å². The molecule has 0 spiro atoms. The third-order valence-corrected chi connectivity index (χ3v) is 1.72. The molecule has 0 bridgehead atoms. The third kappa shape index (κ3) is 2.01. The Hall–Kier alpha value is -2.04. The minimum atomic E-state index is -1.51. The number of benzene rings is 1. The highest BCUT2D eigenvalue weighted by Crippen LogP contribution is 2.16. The predicted octanol–water partition coefficient (Wildman–Crippen LogP) is 0.440. The second-order valence-corrected chi connectivity index (χ2v) is 2.69. The molecule has 0 radical (unpaired) electrons. The number of likely N-dealkylation sites (N-methyl/N-ethyl adjacent to an activating group) is 1. The topological polar surface area (TPSA) is 77.8 Å². The number of amides is 1. The number of phenolic OH excluding ortho intramolecular Hbond substituents is 1. The number of hydrogen-bond acceptors (Lipinski definition) is 3. The van der Waals surface area contributed by atoms with Crippen molar-refractivity contribution in [2.75, 3.05) is 11.9 Å². The highest BCUT2D eigenvalue weighted by molar-refractivity contribution is 6.37. The minimum absolute atomic E-state index is 0.0601. The summed E-state index contributed by atoms with van der Waals surface area (Å²) in [4.78, 5) is 22.3. The number of aromatic hydroxyl groups is 1. The molecule has 14 heavy (non-hydrogen) atoms. The summed E-state index contributed by atoms with van der Waals surface area (Å²) in [7, 11) is 1.35. The number of phenols is 1. The highest BCUT2D eigenvalue weighted by Gasteiger charge is 2.18. The quantitative estimate of drug-likeness (QED) is 0.637. The SMILES string of the molecule is CN(C(=O)C(=O)O)c1ccc(O)cc1. The first-order valence-corrected chi connectivity index (χ1v) is 3.82. The number of carbonyl (C=O) groups excluding carboxylic acids is 1.